The van der Waals surface area contributed by atoms with Gasteiger partial charge in [0.2, 0.25) is 0 Å². The van der Waals surface area contributed by atoms with Gasteiger partial charge in [0, 0.05) is 11.1 Å². The molecular formula is C22H30N2O2. The molecule has 0 saturated heterocycles. The number of allylic oxidation sites excluding steroid dienone is 3. The zero-order chi connectivity index (χ0) is 19.5. The van der Waals surface area contributed by atoms with Gasteiger partial charge in [-0.15, -0.1) is 0 Å². The molecule has 0 heterocycles. The van der Waals surface area contributed by atoms with Crippen molar-refractivity contribution in [2.75, 3.05) is 0 Å². The van der Waals surface area contributed by atoms with Crippen LogP contribution in [0.1, 0.15) is 63.9 Å². The summed E-state index contributed by atoms with van der Waals surface area (Å²) in [6, 6.07) is 7.47. The molecule has 1 aliphatic carbocycles. The van der Waals surface area contributed by atoms with E-state index in [1.54, 1.807) is 12.1 Å². The molecule has 2 amide bonds. The lowest BCUT2D eigenvalue weighted by Gasteiger charge is -2.37. The molecule has 0 aromatic heterocycles. The Hall–Kier alpha value is -2.36. The Morgan fingerprint density at radius 3 is 2.27 bits per heavy atom. The minimum atomic E-state index is -0.539. The summed E-state index contributed by atoms with van der Waals surface area (Å²) in [5, 5.41) is 1.45. The van der Waals surface area contributed by atoms with Gasteiger partial charge in [-0.3, -0.25) is 15.0 Å². The molecular weight excluding hydrogens is 324 g/mol. The lowest BCUT2D eigenvalue weighted by molar-refractivity contribution is -0.135. The van der Waals surface area contributed by atoms with Crippen molar-refractivity contribution in [1.82, 2.24) is 10.4 Å². The second kappa shape index (κ2) is 7.48. The summed E-state index contributed by atoms with van der Waals surface area (Å²) in [7, 11) is 0. The number of rotatable bonds is 3. The SMILES string of the molecule is CCc1ccc(C(=O)NN(C(=O)C2=CC=CC(C)(C)C2)C(C)(C)C)cc1. The third-order valence-electron chi connectivity index (χ3n) is 4.48. The van der Waals surface area contributed by atoms with E-state index in [-0.39, 0.29) is 17.2 Å². The Morgan fingerprint density at radius 1 is 1.15 bits per heavy atom. The smallest absolute Gasteiger partial charge is 0.268 e. The molecule has 0 aliphatic heterocycles. The van der Waals surface area contributed by atoms with Crippen LogP contribution in [-0.4, -0.2) is 22.4 Å². The van der Waals surface area contributed by atoms with Gasteiger partial charge in [-0.25, -0.2) is 5.01 Å². The highest BCUT2D eigenvalue weighted by Gasteiger charge is 2.33. The quantitative estimate of drug-likeness (QED) is 0.816. The molecule has 1 aliphatic rings. The van der Waals surface area contributed by atoms with Crippen molar-refractivity contribution in [3.05, 3.63) is 59.2 Å². The van der Waals surface area contributed by atoms with E-state index in [9.17, 15) is 9.59 Å². The number of hydrogen-bond acceptors (Lipinski definition) is 2. The molecule has 0 radical (unpaired) electrons. The molecule has 2 rings (SSSR count). The summed E-state index contributed by atoms with van der Waals surface area (Å²) in [6.07, 6.45) is 7.43. The molecule has 140 valence electrons. The lowest BCUT2D eigenvalue weighted by Crippen LogP contribution is -2.56. The highest BCUT2D eigenvalue weighted by Crippen LogP contribution is 2.32. The summed E-state index contributed by atoms with van der Waals surface area (Å²) < 4.78 is 0. The Balaban J connectivity index is 2.22. The molecule has 1 aromatic rings. The normalized spacial score (nSPS) is 16.0. The van der Waals surface area contributed by atoms with Crippen LogP contribution in [0, 0.1) is 5.41 Å². The molecule has 0 bridgehead atoms. The summed E-state index contributed by atoms with van der Waals surface area (Å²) in [5.41, 5.74) is 4.63. The maximum absolute atomic E-state index is 13.1. The minimum Gasteiger partial charge on any atom is -0.268 e. The fourth-order valence-electron chi connectivity index (χ4n) is 2.91. The van der Waals surface area contributed by atoms with Crippen molar-refractivity contribution in [1.29, 1.82) is 0 Å². The second-order valence-corrected chi connectivity index (χ2v) is 8.52. The Labute approximate surface area is 156 Å². The van der Waals surface area contributed by atoms with Gasteiger partial charge in [-0.1, -0.05) is 51.1 Å². The third-order valence-corrected chi connectivity index (χ3v) is 4.48. The number of amides is 2. The second-order valence-electron chi connectivity index (χ2n) is 8.52. The van der Waals surface area contributed by atoms with E-state index in [0.717, 1.165) is 6.42 Å². The van der Waals surface area contributed by atoms with Gasteiger partial charge in [0.25, 0.3) is 11.8 Å². The predicted molar refractivity (Wildman–Crippen MR) is 106 cm³/mol. The monoisotopic (exact) mass is 354 g/mol. The lowest BCUT2D eigenvalue weighted by atomic mass is 9.81. The zero-order valence-corrected chi connectivity index (χ0v) is 16.7. The first-order chi connectivity index (χ1) is 12.0. The van der Waals surface area contributed by atoms with Gasteiger partial charge in [0.1, 0.15) is 0 Å². The molecule has 1 aromatic carbocycles. The Morgan fingerprint density at radius 2 is 1.77 bits per heavy atom. The number of hydrogen-bond donors (Lipinski definition) is 1. The predicted octanol–water partition coefficient (Wildman–Crippen LogP) is 4.43. The van der Waals surface area contributed by atoms with E-state index in [1.165, 1.54) is 10.6 Å². The van der Waals surface area contributed by atoms with E-state index in [0.29, 0.717) is 17.6 Å². The van der Waals surface area contributed by atoms with Crippen molar-refractivity contribution < 1.29 is 9.59 Å². The Bertz CT molecular complexity index is 734. The van der Waals surface area contributed by atoms with Gasteiger partial charge in [-0.2, -0.15) is 0 Å². The van der Waals surface area contributed by atoms with Crippen LogP contribution in [0.15, 0.2) is 48.1 Å². The third kappa shape index (κ3) is 4.84. The maximum atomic E-state index is 13.1. The number of aryl methyl sites for hydroxylation is 1. The highest BCUT2D eigenvalue weighted by atomic mass is 16.2. The number of nitrogens with one attached hydrogen (secondary N) is 1. The van der Waals surface area contributed by atoms with Crippen molar-refractivity contribution in [3.63, 3.8) is 0 Å². The largest absolute Gasteiger partial charge is 0.269 e. The standard InChI is InChI=1S/C22H30N2O2/c1-7-16-10-12-17(13-11-16)19(25)23-24(21(2,3)4)20(26)18-9-8-14-22(5,6)15-18/h8-14H,7,15H2,1-6H3,(H,23,25). The van der Waals surface area contributed by atoms with E-state index < -0.39 is 5.54 Å². The van der Waals surface area contributed by atoms with Crippen LogP contribution in [-0.2, 0) is 11.2 Å². The van der Waals surface area contributed by atoms with Gasteiger partial charge < -0.3 is 0 Å². The van der Waals surface area contributed by atoms with E-state index in [2.05, 4.69) is 32.3 Å². The van der Waals surface area contributed by atoms with Gasteiger partial charge in [-0.05, 0) is 56.7 Å². The summed E-state index contributed by atoms with van der Waals surface area (Å²) in [5.74, 6) is -0.435. The number of carbonyl (C=O) groups is 2. The van der Waals surface area contributed by atoms with E-state index in [4.69, 9.17) is 0 Å². The van der Waals surface area contributed by atoms with Crippen molar-refractivity contribution in [2.24, 2.45) is 5.41 Å². The molecule has 0 spiro atoms. The van der Waals surface area contributed by atoms with Gasteiger partial charge >= 0.3 is 0 Å². The van der Waals surface area contributed by atoms with Crippen LogP contribution in [0.4, 0.5) is 0 Å². The number of nitrogens with zero attached hydrogens (tertiary/aromatic N) is 1. The maximum Gasteiger partial charge on any atom is 0.269 e. The molecule has 4 heteroatoms. The van der Waals surface area contributed by atoms with Crippen molar-refractivity contribution in [3.8, 4) is 0 Å². The van der Waals surface area contributed by atoms with Crippen LogP contribution in [0.5, 0.6) is 0 Å². The summed E-state index contributed by atoms with van der Waals surface area (Å²) in [6.45, 7) is 12.0. The molecule has 1 N–H and O–H groups in total. The molecule has 0 fully saturated rings. The summed E-state index contributed by atoms with van der Waals surface area (Å²) >= 11 is 0. The van der Waals surface area contributed by atoms with Crippen LogP contribution < -0.4 is 5.43 Å². The molecule has 0 atom stereocenters. The van der Waals surface area contributed by atoms with Crippen molar-refractivity contribution in [2.45, 2.75) is 59.9 Å². The van der Waals surface area contributed by atoms with Gasteiger partial charge in [0.15, 0.2) is 0 Å². The van der Waals surface area contributed by atoms with Crippen molar-refractivity contribution >= 4 is 11.8 Å². The first kappa shape index (κ1) is 20.0. The number of hydrazine groups is 1. The average Bonchev–Trinajstić information content (AvgIpc) is 2.57. The topological polar surface area (TPSA) is 49.4 Å². The van der Waals surface area contributed by atoms with E-state index >= 15 is 0 Å². The van der Waals surface area contributed by atoms with Crippen LogP contribution in [0.3, 0.4) is 0 Å². The fourth-order valence-corrected chi connectivity index (χ4v) is 2.91. The first-order valence-electron chi connectivity index (χ1n) is 9.16. The highest BCUT2D eigenvalue weighted by molar-refractivity contribution is 5.99. The van der Waals surface area contributed by atoms with Gasteiger partial charge in [0.05, 0.1) is 5.54 Å². The minimum absolute atomic E-state index is 0.0662. The van der Waals surface area contributed by atoms with Crippen LogP contribution >= 0.6 is 0 Å². The number of carbonyl (C=O) groups excluding carboxylic acids is 2. The zero-order valence-electron chi connectivity index (χ0n) is 16.7. The molecule has 26 heavy (non-hydrogen) atoms. The molecule has 0 unspecified atom stereocenters. The molecule has 0 saturated carbocycles. The fraction of sp³-hybridized carbons (Fsp3) is 0.455. The van der Waals surface area contributed by atoms with E-state index in [1.807, 2.05) is 45.1 Å². The molecule has 4 nitrogen and oxygen atoms in total. The summed E-state index contributed by atoms with van der Waals surface area (Å²) in [4.78, 5) is 25.8. The van der Waals surface area contributed by atoms with Crippen LogP contribution in [0.25, 0.3) is 0 Å². The number of benzene rings is 1. The average molecular weight is 354 g/mol. The van der Waals surface area contributed by atoms with Crippen LogP contribution in [0.2, 0.25) is 0 Å². The Kier molecular flexibility index (Phi) is 5.74. The first-order valence-corrected chi connectivity index (χ1v) is 9.16.